The zero-order valence-electron chi connectivity index (χ0n) is 12.0. The molecule has 0 aliphatic heterocycles. The molecule has 0 heterocycles. The number of rotatable bonds is 3. The van der Waals surface area contributed by atoms with Crippen LogP contribution in [0.15, 0.2) is 18.2 Å². The summed E-state index contributed by atoms with van der Waals surface area (Å²) in [5.41, 5.74) is 0.763. The van der Waals surface area contributed by atoms with Gasteiger partial charge in [-0.15, -0.1) is 0 Å². The molecule has 1 aromatic carbocycles. The molecular weight excluding hydrogens is 244 g/mol. The predicted molar refractivity (Wildman–Crippen MR) is 73.9 cm³/mol. The lowest BCUT2D eigenvalue weighted by Crippen LogP contribution is -2.38. The fourth-order valence-electron chi connectivity index (χ4n) is 3.14. The van der Waals surface area contributed by atoms with E-state index in [4.69, 9.17) is 0 Å². The highest BCUT2D eigenvalue weighted by atomic mass is 19.2. The van der Waals surface area contributed by atoms with E-state index in [1.165, 1.54) is 12.8 Å². The zero-order valence-corrected chi connectivity index (χ0v) is 12.0. The van der Waals surface area contributed by atoms with Crippen LogP contribution in [0.5, 0.6) is 0 Å². The third kappa shape index (κ3) is 3.53. The van der Waals surface area contributed by atoms with Crippen molar-refractivity contribution < 1.29 is 8.78 Å². The van der Waals surface area contributed by atoms with E-state index in [1.54, 1.807) is 12.1 Å². The summed E-state index contributed by atoms with van der Waals surface area (Å²) in [5.74, 6) is -1.49. The third-order valence-electron chi connectivity index (χ3n) is 4.14. The quantitative estimate of drug-likeness (QED) is 0.845. The molecule has 19 heavy (non-hydrogen) atoms. The van der Waals surface area contributed by atoms with Crippen LogP contribution in [0.2, 0.25) is 0 Å². The molecule has 0 bridgehead atoms. The third-order valence-corrected chi connectivity index (χ3v) is 4.14. The summed E-state index contributed by atoms with van der Waals surface area (Å²) in [4.78, 5) is 0. The molecule has 2 atom stereocenters. The largest absolute Gasteiger partial charge is 0.307 e. The number of nitrogens with one attached hydrogen (secondary N) is 1. The topological polar surface area (TPSA) is 12.0 Å². The first-order chi connectivity index (χ1) is 8.89. The van der Waals surface area contributed by atoms with Crippen molar-refractivity contribution in [3.63, 3.8) is 0 Å². The number of hydrogen-bond acceptors (Lipinski definition) is 1. The SMILES string of the molecule is CC(NC1CCCC(C)(C)C1)c1cccc(F)c1F. The predicted octanol–water partition coefficient (Wildman–Crippen LogP) is 4.58. The molecule has 0 amide bonds. The number of halogens is 2. The van der Waals surface area contributed by atoms with Gasteiger partial charge in [-0.3, -0.25) is 0 Å². The van der Waals surface area contributed by atoms with Crippen molar-refractivity contribution in [1.29, 1.82) is 0 Å². The van der Waals surface area contributed by atoms with Crippen molar-refractivity contribution in [2.75, 3.05) is 0 Å². The molecule has 1 aromatic rings. The molecular formula is C16H23F2N. The Labute approximate surface area is 114 Å². The average molecular weight is 267 g/mol. The summed E-state index contributed by atoms with van der Waals surface area (Å²) >= 11 is 0. The smallest absolute Gasteiger partial charge is 0.163 e. The van der Waals surface area contributed by atoms with Crippen molar-refractivity contribution in [3.05, 3.63) is 35.4 Å². The first-order valence-corrected chi connectivity index (χ1v) is 7.09. The van der Waals surface area contributed by atoms with Crippen molar-refractivity contribution >= 4 is 0 Å². The first kappa shape index (κ1) is 14.4. The van der Waals surface area contributed by atoms with Crippen LogP contribution in [0, 0.1) is 17.0 Å². The van der Waals surface area contributed by atoms with Crippen LogP contribution < -0.4 is 5.32 Å². The van der Waals surface area contributed by atoms with Crippen LogP contribution in [0.1, 0.15) is 58.1 Å². The molecule has 106 valence electrons. The Morgan fingerprint density at radius 1 is 1.32 bits per heavy atom. The lowest BCUT2D eigenvalue weighted by Gasteiger charge is -2.37. The maximum absolute atomic E-state index is 13.7. The molecule has 3 heteroatoms. The van der Waals surface area contributed by atoms with Crippen molar-refractivity contribution in [1.82, 2.24) is 5.32 Å². The Hall–Kier alpha value is -0.960. The average Bonchev–Trinajstić information content (AvgIpc) is 2.31. The highest BCUT2D eigenvalue weighted by Crippen LogP contribution is 2.36. The van der Waals surface area contributed by atoms with Crippen LogP contribution in [-0.2, 0) is 0 Å². The van der Waals surface area contributed by atoms with Crippen LogP contribution in [-0.4, -0.2) is 6.04 Å². The van der Waals surface area contributed by atoms with Crippen LogP contribution in [0.25, 0.3) is 0 Å². The van der Waals surface area contributed by atoms with Crippen LogP contribution >= 0.6 is 0 Å². The second-order valence-electron chi connectivity index (χ2n) is 6.49. The van der Waals surface area contributed by atoms with Gasteiger partial charge in [0.25, 0.3) is 0 Å². The van der Waals surface area contributed by atoms with E-state index in [0.717, 1.165) is 18.9 Å². The monoisotopic (exact) mass is 267 g/mol. The highest BCUT2D eigenvalue weighted by Gasteiger charge is 2.29. The number of benzene rings is 1. The van der Waals surface area contributed by atoms with Gasteiger partial charge in [0.2, 0.25) is 0 Å². The minimum atomic E-state index is -0.768. The normalized spacial score (nSPS) is 24.2. The van der Waals surface area contributed by atoms with Gasteiger partial charge in [-0.2, -0.15) is 0 Å². The van der Waals surface area contributed by atoms with Gasteiger partial charge in [0.15, 0.2) is 11.6 Å². The van der Waals surface area contributed by atoms with E-state index in [9.17, 15) is 8.78 Å². The van der Waals surface area contributed by atoms with Gasteiger partial charge in [-0.05, 0) is 37.7 Å². The summed E-state index contributed by atoms with van der Waals surface area (Å²) in [6.07, 6.45) is 4.65. The molecule has 0 radical (unpaired) electrons. The molecule has 1 N–H and O–H groups in total. The van der Waals surface area contributed by atoms with Gasteiger partial charge < -0.3 is 5.32 Å². The Balaban J connectivity index is 2.04. The van der Waals surface area contributed by atoms with Crippen molar-refractivity contribution in [2.45, 2.75) is 58.5 Å². The molecule has 0 aromatic heterocycles. The lowest BCUT2D eigenvalue weighted by atomic mass is 9.75. The highest BCUT2D eigenvalue weighted by molar-refractivity contribution is 5.22. The van der Waals surface area contributed by atoms with Crippen molar-refractivity contribution in [2.24, 2.45) is 5.41 Å². The van der Waals surface area contributed by atoms with Gasteiger partial charge in [0.1, 0.15) is 0 Å². The van der Waals surface area contributed by atoms with E-state index < -0.39 is 11.6 Å². The minimum absolute atomic E-state index is 0.158. The van der Waals surface area contributed by atoms with E-state index in [2.05, 4.69) is 19.2 Å². The molecule has 1 saturated carbocycles. The standard InChI is InChI=1S/C16H23F2N/c1-11(13-7-4-8-14(17)15(13)18)19-12-6-5-9-16(2,3)10-12/h4,7-8,11-12,19H,5-6,9-10H2,1-3H3. The van der Waals surface area contributed by atoms with Crippen LogP contribution in [0.4, 0.5) is 8.78 Å². The van der Waals surface area contributed by atoms with Gasteiger partial charge in [0.05, 0.1) is 0 Å². The molecule has 2 rings (SSSR count). The lowest BCUT2D eigenvalue weighted by molar-refractivity contribution is 0.190. The Bertz CT molecular complexity index is 442. The molecule has 1 aliphatic carbocycles. The van der Waals surface area contributed by atoms with E-state index in [0.29, 0.717) is 17.0 Å². The van der Waals surface area contributed by atoms with E-state index in [-0.39, 0.29) is 6.04 Å². The Morgan fingerprint density at radius 3 is 2.74 bits per heavy atom. The molecule has 1 aliphatic rings. The van der Waals surface area contributed by atoms with Gasteiger partial charge in [0, 0.05) is 17.6 Å². The number of hydrogen-bond donors (Lipinski definition) is 1. The molecule has 0 saturated heterocycles. The first-order valence-electron chi connectivity index (χ1n) is 7.09. The maximum Gasteiger partial charge on any atom is 0.163 e. The molecule has 1 nitrogen and oxygen atoms in total. The zero-order chi connectivity index (χ0) is 14.0. The van der Waals surface area contributed by atoms with Gasteiger partial charge in [-0.25, -0.2) is 8.78 Å². The van der Waals surface area contributed by atoms with Gasteiger partial charge >= 0.3 is 0 Å². The van der Waals surface area contributed by atoms with Gasteiger partial charge in [-0.1, -0.05) is 32.4 Å². The summed E-state index contributed by atoms with van der Waals surface area (Å²) in [6, 6.07) is 4.62. The molecule has 2 unspecified atom stereocenters. The van der Waals surface area contributed by atoms with Crippen LogP contribution in [0.3, 0.4) is 0 Å². The Morgan fingerprint density at radius 2 is 2.05 bits per heavy atom. The fourth-order valence-corrected chi connectivity index (χ4v) is 3.14. The summed E-state index contributed by atoms with van der Waals surface area (Å²) in [6.45, 7) is 6.45. The Kier molecular flexibility index (Phi) is 4.24. The summed E-state index contributed by atoms with van der Waals surface area (Å²) < 4.78 is 27.0. The maximum atomic E-state index is 13.7. The summed E-state index contributed by atoms with van der Waals surface area (Å²) in [7, 11) is 0. The van der Waals surface area contributed by atoms with E-state index >= 15 is 0 Å². The fraction of sp³-hybridized carbons (Fsp3) is 0.625. The second-order valence-corrected chi connectivity index (χ2v) is 6.49. The minimum Gasteiger partial charge on any atom is -0.307 e. The van der Waals surface area contributed by atoms with E-state index in [1.807, 2.05) is 6.92 Å². The second kappa shape index (κ2) is 5.58. The molecule has 1 fully saturated rings. The van der Waals surface area contributed by atoms with Crippen molar-refractivity contribution in [3.8, 4) is 0 Å². The molecule has 0 spiro atoms. The summed E-state index contributed by atoms with van der Waals surface area (Å²) in [5, 5.41) is 3.45.